The lowest BCUT2D eigenvalue weighted by Gasteiger charge is -2.12. The van der Waals surface area contributed by atoms with Crippen molar-refractivity contribution in [1.29, 1.82) is 0 Å². The highest BCUT2D eigenvalue weighted by atomic mass is 19.1. The van der Waals surface area contributed by atoms with Gasteiger partial charge in [-0.1, -0.05) is 12.1 Å². The van der Waals surface area contributed by atoms with Crippen molar-refractivity contribution in [2.45, 2.75) is 6.42 Å². The lowest BCUT2D eigenvalue weighted by Crippen LogP contribution is -2.35. The minimum absolute atomic E-state index is 0.0206. The van der Waals surface area contributed by atoms with Gasteiger partial charge in [-0.05, 0) is 29.8 Å². The van der Waals surface area contributed by atoms with Gasteiger partial charge < -0.3 is 15.0 Å². The number of nitrogens with zero attached hydrogens (tertiary/aromatic N) is 3. The molecule has 0 fully saturated rings. The molecule has 0 atom stereocenters. The number of halogens is 2. The molecule has 1 heterocycles. The predicted molar refractivity (Wildman–Crippen MR) is 118 cm³/mol. The summed E-state index contributed by atoms with van der Waals surface area (Å²) in [5.41, 5.74) is 0.590. The van der Waals surface area contributed by atoms with Crippen molar-refractivity contribution in [3.8, 4) is 11.6 Å². The molecule has 3 rings (SSSR count). The Morgan fingerprint density at radius 3 is 2.38 bits per heavy atom. The van der Waals surface area contributed by atoms with Crippen molar-refractivity contribution in [2.75, 3.05) is 24.7 Å². The van der Waals surface area contributed by atoms with Crippen molar-refractivity contribution in [1.82, 2.24) is 20.2 Å². The maximum Gasteiger partial charge on any atom is 0.325 e. The van der Waals surface area contributed by atoms with Crippen LogP contribution in [0.25, 0.3) is 0 Å². The number of amides is 5. The summed E-state index contributed by atoms with van der Waals surface area (Å²) in [7, 11) is 3.11. The summed E-state index contributed by atoms with van der Waals surface area (Å²) in [6.45, 7) is 0. The van der Waals surface area contributed by atoms with E-state index in [1.807, 2.05) is 0 Å². The van der Waals surface area contributed by atoms with Gasteiger partial charge in [0.15, 0.2) is 11.6 Å². The minimum atomic E-state index is -0.864. The number of urea groups is 2. The van der Waals surface area contributed by atoms with Crippen LogP contribution in [-0.4, -0.2) is 46.9 Å². The van der Waals surface area contributed by atoms with Crippen LogP contribution in [0.1, 0.15) is 5.56 Å². The predicted octanol–water partition coefficient (Wildman–Crippen LogP) is 3.53. The first-order chi connectivity index (χ1) is 16.2. The van der Waals surface area contributed by atoms with E-state index in [2.05, 4.69) is 25.9 Å². The van der Waals surface area contributed by atoms with Crippen LogP contribution in [0, 0.1) is 11.6 Å². The summed E-state index contributed by atoms with van der Waals surface area (Å²) in [4.78, 5) is 44.7. The maximum atomic E-state index is 14.5. The molecule has 0 spiro atoms. The van der Waals surface area contributed by atoms with E-state index in [9.17, 15) is 23.2 Å². The Morgan fingerprint density at radius 2 is 1.71 bits per heavy atom. The second kappa shape index (κ2) is 10.8. The number of carbonyl (C=O) groups is 3. The monoisotopic (exact) mass is 470 g/mol. The Balaban J connectivity index is 1.57. The Hall–Kier alpha value is -4.61. The standard InChI is InChI=1S/C22H20F2N6O4/c1-30(2)22(33)28-18-11-20(26-12-25-18)34-17-8-7-15(10-16(17)24)27-21(32)29-19(31)9-13-3-5-14(23)6-4-13/h3-8,10-12H,9H2,1-2H3,(H,25,26,28,33)(H2,27,29,31,32). The zero-order chi connectivity index (χ0) is 24.7. The van der Waals surface area contributed by atoms with Crippen LogP contribution >= 0.6 is 0 Å². The molecule has 34 heavy (non-hydrogen) atoms. The van der Waals surface area contributed by atoms with Crippen molar-refractivity contribution in [2.24, 2.45) is 0 Å². The van der Waals surface area contributed by atoms with Gasteiger partial charge in [0.25, 0.3) is 0 Å². The molecular formula is C22H20F2N6O4. The molecule has 0 saturated heterocycles. The summed E-state index contributed by atoms with van der Waals surface area (Å²) in [6, 6.07) is 8.91. The Morgan fingerprint density at radius 1 is 0.971 bits per heavy atom. The Labute approximate surface area is 193 Å². The van der Waals surface area contributed by atoms with E-state index in [1.54, 1.807) is 14.1 Å². The number of imide groups is 1. The first-order valence-electron chi connectivity index (χ1n) is 9.82. The first kappa shape index (κ1) is 24.0. The van der Waals surface area contributed by atoms with E-state index in [1.165, 1.54) is 47.4 Å². The average Bonchev–Trinajstić information content (AvgIpc) is 2.77. The van der Waals surface area contributed by atoms with E-state index in [4.69, 9.17) is 4.74 Å². The fourth-order valence-corrected chi connectivity index (χ4v) is 2.58. The third-order valence-electron chi connectivity index (χ3n) is 4.22. The van der Waals surface area contributed by atoms with Crippen LogP contribution in [0.15, 0.2) is 54.9 Å². The van der Waals surface area contributed by atoms with Gasteiger partial charge in [0.2, 0.25) is 11.8 Å². The van der Waals surface area contributed by atoms with E-state index in [0.717, 1.165) is 12.4 Å². The average molecular weight is 470 g/mol. The fourth-order valence-electron chi connectivity index (χ4n) is 2.58. The number of hydrogen-bond donors (Lipinski definition) is 3. The summed E-state index contributed by atoms with van der Waals surface area (Å²) < 4.78 is 32.8. The molecule has 1 aromatic heterocycles. The van der Waals surface area contributed by atoms with Crippen LogP contribution in [0.5, 0.6) is 11.6 Å². The molecule has 2 aromatic carbocycles. The summed E-state index contributed by atoms with van der Waals surface area (Å²) in [5, 5.41) is 6.95. The SMILES string of the molecule is CN(C)C(=O)Nc1cc(Oc2ccc(NC(=O)NC(=O)Cc3ccc(F)cc3)cc2F)ncn1. The maximum absolute atomic E-state index is 14.5. The number of anilines is 2. The quantitative estimate of drug-likeness (QED) is 0.506. The van der Waals surface area contributed by atoms with Crippen LogP contribution in [-0.2, 0) is 11.2 Å². The lowest BCUT2D eigenvalue weighted by molar-refractivity contribution is -0.119. The highest BCUT2D eigenvalue weighted by Gasteiger charge is 2.13. The van der Waals surface area contributed by atoms with E-state index in [0.29, 0.717) is 5.56 Å². The fraction of sp³-hybridized carbons (Fsp3) is 0.136. The molecule has 0 saturated carbocycles. The molecule has 176 valence electrons. The number of aromatic nitrogens is 2. The number of nitrogens with one attached hydrogen (secondary N) is 3. The van der Waals surface area contributed by atoms with Crippen LogP contribution < -0.4 is 20.7 Å². The van der Waals surface area contributed by atoms with Gasteiger partial charge in [0.05, 0.1) is 6.42 Å². The molecule has 5 amide bonds. The molecule has 3 aromatic rings. The molecule has 0 radical (unpaired) electrons. The van der Waals surface area contributed by atoms with Gasteiger partial charge in [-0.2, -0.15) is 0 Å². The van der Waals surface area contributed by atoms with Crippen LogP contribution in [0.3, 0.4) is 0 Å². The second-order valence-corrected chi connectivity index (χ2v) is 7.12. The number of hydrogen-bond acceptors (Lipinski definition) is 6. The molecule has 0 bridgehead atoms. The Kier molecular flexibility index (Phi) is 7.64. The molecule has 0 aliphatic heterocycles. The van der Waals surface area contributed by atoms with Gasteiger partial charge in [-0.15, -0.1) is 0 Å². The van der Waals surface area contributed by atoms with E-state index >= 15 is 0 Å². The molecule has 0 unspecified atom stereocenters. The number of carbonyl (C=O) groups excluding carboxylic acids is 3. The minimum Gasteiger partial charge on any atom is -0.436 e. The lowest BCUT2D eigenvalue weighted by atomic mass is 10.1. The Bertz CT molecular complexity index is 1200. The third-order valence-corrected chi connectivity index (χ3v) is 4.22. The van der Waals surface area contributed by atoms with Crippen molar-refractivity contribution < 1.29 is 27.9 Å². The zero-order valence-electron chi connectivity index (χ0n) is 18.1. The third kappa shape index (κ3) is 6.95. The van der Waals surface area contributed by atoms with E-state index < -0.39 is 29.6 Å². The highest BCUT2D eigenvalue weighted by molar-refractivity contribution is 6.01. The van der Waals surface area contributed by atoms with Crippen molar-refractivity contribution in [3.63, 3.8) is 0 Å². The second-order valence-electron chi connectivity index (χ2n) is 7.12. The molecule has 12 heteroatoms. The summed E-state index contributed by atoms with van der Waals surface area (Å²) in [5.74, 6) is -1.93. The van der Waals surface area contributed by atoms with Gasteiger partial charge in [0.1, 0.15) is 18.0 Å². The summed E-state index contributed by atoms with van der Waals surface area (Å²) >= 11 is 0. The van der Waals surface area contributed by atoms with Gasteiger partial charge in [-0.3, -0.25) is 15.4 Å². The highest BCUT2D eigenvalue weighted by Crippen LogP contribution is 2.26. The van der Waals surface area contributed by atoms with Gasteiger partial charge in [0, 0.05) is 31.9 Å². The van der Waals surface area contributed by atoms with Crippen molar-refractivity contribution in [3.05, 3.63) is 72.1 Å². The molecule has 0 aliphatic rings. The summed E-state index contributed by atoms with van der Waals surface area (Å²) in [6.07, 6.45) is 1.01. The van der Waals surface area contributed by atoms with Gasteiger partial charge >= 0.3 is 12.1 Å². The van der Waals surface area contributed by atoms with Crippen molar-refractivity contribution >= 4 is 29.5 Å². The van der Waals surface area contributed by atoms with Gasteiger partial charge in [-0.25, -0.2) is 28.3 Å². The largest absolute Gasteiger partial charge is 0.436 e. The topological polar surface area (TPSA) is 126 Å². The molecule has 3 N–H and O–H groups in total. The molecule has 10 nitrogen and oxygen atoms in total. The molecular weight excluding hydrogens is 450 g/mol. The smallest absolute Gasteiger partial charge is 0.325 e. The number of rotatable bonds is 6. The van der Waals surface area contributed by atoms with Crippen LogP contribution in [0.2, 0.25) is 0 Å². The first-order valence-corrected chi connectivity index (χ1v) is 9.82. The number of ether oxygens (including phenoxy) is 1. The zero-order valence-corrected chi connectivity index (χ0v) is 18.1. The number of benzene rings is 2. The normalized spacial score (nSPS) is 10.2. The van der Waals surface area contributed by atoms with Crippen LogP contribution in [0.4, 0.5) is 29.9 Å². The van der Waals surface area contributed by atoms with E-state index in [-0.39, 0.29) is 29.6 Å². The molecule has 0 aliphatic carbocycles.